The fraction of sp³-hybridized carbons (Fsp3) is 0.667. The molecule has 0 aromatic carbocycles. The Balaban J connectivity index is 2.28. The van der Waals surface area contributed by atoms with Crippen LogP contribution in [0.25, 0.3) is 0 Å². The van der Waals surface area contributed by atoms with Crippen LogP contribution in [0.4, 0.5) is 18.3 Å². The number of alkyl halides is 3. The van der Waals surface area contributed by atoms with Crippen LogP contribution in [0, 0.1) is 6.92 Å². The molecule has 1 aromatic rings. The third-order valence-corrected chi connectivity index (χ3v) is 1.98. The van der Waals surface area contributed by atoms with E-state index in [9.17, 15) is 13.2 Å². The summed E-state index contributed by atoms with van der Waals surface area (Å²) in [6.45, 7) is 1.53. The van der Waals surface area contributed by atoms with E-state index in [0.717, 1.165) is 11.5 Å². The van der Waals surface area contributed by atoms with Crippen molar-refractivity contribution in [2.75, 3.05) is 11.9 Å². The van der Waals surface area contributed by atoms with Gasteiger partial charge in [-0.15, -0.1) is 0 Å². The molecular formula is C6H8F3N3S. The Labute approximate surface area is 77.2 Å². The van der Waals surface area contributed by atoms with Crippen molar-refractivity contribution in [3.63, 3.8) is 0 Å². The van der Waals surface area contributed by atoms with Gasteiger partial charge in [-0.25, -0.2) is 4.98 Å². The van der Waals surface area contributed by atoms with Gasteiger partial charge < -0.3 is 5.32 Å². The summed E-state index contributed by atoms with van der Waals surface area (Å²) in [6, 6.07) is 0. The highest BCUT2D eigenvalue weighted by Crippen LogP contribution is 2.19. The highest BCUT2D eigenvalue weighted by molar-refractivity contribution is 7.09. The van der Waals surface area contributed by atoms with E-state index < -0.39 is 12.6 Å². The Morgan fingerprint density at radius 2 is 2.15 bits per heavy atom. The Morgan fingerprint density at radius 3 is 2.62 bits per heavy atom. The average molecular weight is 211 g/mol. The molecule has 0 fully saturated rings. The lowest BCUT2D eigenvalue weighted by Gasteiger charge is -2.05. The minimum atomic E-state index is -4.12. The number of nitrogens with one attached hydrogen (secondary N) is 1. The van der Waals surface area contributed by atoms with Gasteiger partial charge in [-0.2, -0.15) is 17.5 Å². The standard InChI is InChI=1S/C6H8F3N3S/c1-4-11-5(13-12-4)10-3-2-6(7,8)9/h2-3H2,1H3,(H,10,11,12). The highest BCUT2D eigenvalue weighted by atomic mass is 32.1. The number of aryl methyl sites for hydroxylation is 1. The van der Waals surface area contributed by atoms with Crippen LogP contribution in [-0.4, -0.2) is 22.1 Å². The molecule has 1 rings (SSSR count). The van der Waals surface area contributed by atoms with Gasteiger partial charge in [0.05, 0.1) is 6.42 Å². The first-order valence-electron chi connectivity index (χ1n) is 3.58. The van der Waals surface area contributed by atoms with E-state index in [0.29, 0.717) is 11.0 Å². The van der Waals surface area contributed by atoms with Crippen molar-refractivity contribution in [2.24, 2.45) is 0 Å². The molecule has 0 saturated carbocycles. The first-order chi connectivity index (χ1) is 5.97. The van der Waals surface area contributed by atoms with Crippen LogP contribution < -0.4 is 5.32 Å². The molecule has 0 radical (unpaired) electrons. The lowest BCUT2D eigenvalue weighted by molar-refractivity contribution is -0.131. The first-order valence-corrected chi connectivity index (χ1v) is 4.35. The third-order valence-electron chi connectivity index (χ3n) is 1.21. The zero-order chi connectivity index (χ0) is 9.90. The van der Waals surface area contributed by atoms with E-state index in [1.165, 1.54) is 0 Å². The van der Waals surface area contributed by atoms with E-state index in [1.807, 2.05) is 0 Å². The number of nitrogens with zero attached hydrogens (tertiary/aromatic N) is 2. The Morgan fingerprint density at radius 1 is 1.46 bits per heavy atom. The van der Waals surface area contributed by atoms with E-state index in [2.05, 4.69) is 14.7 Å². The smallest absolute Gasteiger partial charge is 0.360 e. The molecule has 3 nitrogen and oxygen atoms in total. The lowest BCUT2D eigenvalue weighted by atomic mass is 10.4. The van der Waals surface area contributed by atoms with Gasteiger partial charge in [0.1, 0.15) is 5.82 Å². The van der Waals surface area contributed by atoms with Gasteiger partial charge in [0.15, 0.2) is 0 Å². The van der Waals surface area contributed by atoms with Gasteiger partial charge >= 0.3 is 6.18 Å². The molecule has 1 heterocycles. The highest BCUT2D eigenvalue weighted by Gasteiger charge is 2.26. The fourth-order valence-corrected chi connectivity index (χ4v) is 1.28. The minimum absolute atomic E-state index is 0.155. The zero-order valence-corrected chi connectivity index (χ0v) is 7.67. The predicted octanol–water partition coefficient (Wildman–Crippen LogP) is 2.21. The summed E-state index contributed by atoms with van der Waals surface area (Å²) in [5, 5.41) is 2.98. The number of halogens is 3. The van der Waals surface area contributed by atoms with Crippen molar-refractivity contribution in [3.8, 4) is 0 Å². The summed E-state index contributed by atoms with van der Waals surface area (Å²) in [5.74, 6) is 0.569. The van der Waals surface area contributed by atoms with Crippen LogP contribution in [-0.2, 0) is 0 Å². The molecule has 0 aliphatic rings. The predicted molar refractivity (Wildman–Crippen MR) is 43.8 cm³/mol. The second kappa shape index (κ2) is 3.91. The average Bonchev–Trinajstić information content (AvgIpc) is 2.33. The first kappa shape index (κ1) is 10.2. The second-order valence-electron chi connectivity index (χ2n) is 2.44. The Kier molecular flexibility index (Phi) is 3.07. The molecular weight excluding hydrogens is 203 g/mol. The van der Waals surface area contributed by atoms with Crippen LogP contribution in [0.3, 0.4) is 0 Å². The minimum Gasteiger partial charge on any atom is -0.360 e. The zero-order valence-electron chi connectivity index (χ0n) is 6.85. The number of hydrogen-bond donors (Lipinski definition) is 1. The van der Waals surface area contributed by atoms with Gasteiger partial charge in [0.25, 0.3) is 0 Å². The van der Waals surface area contributed by atoms with Gasteiger partial charge in [0.2, 0.25) is 5.13 Å². The molecule has 0 aliphatic carbocycles. The molecule has 0 amide bonds. The van der Waals surface area contributed by atoms with Crippen LogP contribution in [0.15, 0.2) is 0 Å². The molecule has 1 N–H and O–H groups in total. The second-order valence-corrected chi connectivity index (χ2v) is 3.19. The monoisotopic (exact) mass is 211 g/mol. The third kappa shape index (κ3) is 4.07. The SMILES string of the molecule is Cc1nsc(NCCC(F)(F)F)n1. The van der Waals surface area contributed by atoms with Crippen molar-refractivity contribution >= 4 is 16.7 Å². The fourth-order valence-electron chi connectivity index (χ4n) is 0.680. The molecule has 0 spiro atoms. The van der Waals surface area contributed by atoms with Crippen LogP contribution in [0.5, 0.6) is 0 Å². The molecule has 0 saturated heterocycles. The number of aromatic nitrogens is 2. The van der Waals surface area contributed by atoms with Gasteiger partial charge in [-0.05, 0) is 6.92 Å². The van der Waals surface area contributed by atoms with E-state index in [4.69, 9.17) is 0 Å². The lowest BCUT2D eigenvalue weighted by Crippen LogP contribution is -2.14. The summed E-state index contributed by atoms with van der Waals surface area (Å²) in [5.41, 5.74) is 0. The normalized spacial score (nSPS) is 11.7. The van der Waals surface area contributed by atoms with Crippen molar-refractivity contribution in [3.05, 3.63) is 5.82 Å². The summed E-state index contributed by atoms with van der Waals surface area (Å²) in [4.78, 5) is 3.86. The number of rotatable bonds is 3. The molecule has 7 heteroatoms. The molecule has 0 unspecified atom stereocenters. The largest absolute Gasteiger partial charge is 0.390 e. The molecule has 13 heavy (non-hydrogen) atoms. The van der Waals surface area contributed by atoms with Crippen molar-refractivity contribution < 1.29 is 13.2 Å². The van der Waals surface area contributed by atoms with E-state index in [-0.39, 0.29) is 6.54 Å². The molecule has 0 bridgehead atoms. The maximum absolute atomic E-state index is 11.7. The van der Waals surface area contributed by atoms with Crippen LogP contribution >= 0.6 is 11.5 Å². The van der Waals surface area contributed by atoms with E-state index >= 15 is 0 Å². The van der Waals surface area contributed by atoms with Crippen molar-refractivity contribution in [1.29, 1.82) is 0 Å². The summed E-state index contributed by atoms with van der Waals surface area (Å²) >= 11 is 1.06. The number of hydrogen-bond acceptors (Lipinski definition) is 4. The Hall–Kier alpha value is -0.850. The maximum Gasteiger partial charge on any atom is 0.390 e. The van der Waals surface area contributed by atoms with Crippen molar-refractivity contribution in [2.45, 2.75) is 19.5 Å². The maximum atomic E-state index is 11.7. The molecule has 1 aromatic heterocycles. The summed E-state index contributed by atoms with van der Waals surface area (Å²) in [6.07, 6.45) is -4.97. The van der Waals surface area contributed by atoms with E-state index in [1.54, 1.807) is 6.92 Å². The molecule has 0 atom stereocenters. The molecule has 74 valence electrons. The molecule has 0 aliphatic heterocycles. The van der Waals surface area contributed by atoms with Gasteiger partial charge in [-0.1, -0.05) is 0 Å². The summed E-state index contributed by atoms with van der Waals surface area (Å²) in [7, 11) is 0. The Bertz CT molecular complexity index is 270. The van der Waals surface area contributed by atoms with Crippen molar-refractivity contribution in [1.82, 2.24) is 9.36 Å². The van der Waals surface area contributed by atoms with Crippen LogP contribution in [0.1, 0.15) is 12.2 Å². The number of anilines is 1. The topological polar surface area (TPSA) is 37.8 Å². The van der Waals surface area contributed by atoms with Crippen LogP contribution in [0.2, 0.25) is 0 Å². The van der Waals surface area contributed by atoms with Gasteiger partial charge in [0, 0.05) is 18.1 Å². The quantitative estimate of drug-likeness (QED) is 0.832. The summed E-state index contributed by atoms with van der Waals surface area (Å²) < 4.78 is 38.9. The van der Waals surface area contributed by atoms with Gasteiger partial charge in [-0.3, -0.25) is 0 Å².